The summed E-state index contributed by atoms with van der Waals surface area (Å²) in [6, 6.07) is 4.71. The first-order valence-corrected chi connectivity index (χ1v) is 9.07. The van der Waals surface area contributed by atoms with E-state index in [1.165, 1.54) is 12.1 Å². The van der Waals surface area contributed by atoms with Crippen molar-refractivity contribution < 1.29 is 17.9 Å². The quantitative estimate of drug-likeness (QED) is 0.483. The number of hydrogen-bond donors (Lipinski definition) is 0. The zero-order valence-corrected chi connectivity index (χ0v) is 15.4. The van der Waals surface area contributed by atoms with Gasteiger partial charge in [0, 0.05) is 15.5 Å². The average molecular weight is 441 g/mol. The minimum atomic E-state index is -3.83. The molecule has 8 heteroatoms. The van der Waals surface area contributed by atoms with E-state index in [0.29, 0.717) is 4.47 Å². The van der Waals surface area contributed by atoms with Gasteiger partial charge >= 0.3 is 5.97 Å². The van der Waals surface area contributed by atoms with Crippen LogP contribution in [0.25, 0.3) is 0 Å². The molecule has 0 heterocycles. The fraction of sp³-hybridized carbons (Fsp3) is 0.308. The lowest BCUT2D eigenvalue weighted by atomic mass is 10.4. The molecule has 116 valence electrons. The molecule has 0 amide bonds. The van der Waals surface area contributed by atoms with Gasteiger partial charge in [0.1, 0.15) is 6.54 Å². The molecule has 0 aliphatic rings. The molecule has 5 nitrogen and oxygen atoms in total. The summed E-state index contributed by atoms with van der Waals surface area (Å²) in [5.74, 6) is -0.601. The van der Waals surface area contributed by atoms with E-state index in [1.54, 1.807) is 19.1 Å². The molecule has 0 aliphatic heterocycles. The van der Waals surface area contributed by atoms with E-state index < -0.39 is 16.0 Å². The van der Waals surface area contributed by atoms with Gasteiger partial charge in [0.2, 0.25) is 10.0 Å². The predicted octanol–water partition coefficient (Wildman–Crippen LogP) is 2.95. The third-order valence-corrected chi connectivity index (χ3v) is 5.74. The van der Waals surface area contributed by atoms with Crippen molar-refractivity contribution in [2.24, 2.45) is 0 Å². The molecular formula is C13H15Br2NO4S. The van der Waals surface area contributed by atoms with Gasteiger partial charge < -0.3 is 4.74 Å². The number of hydrogen-bond acceptors (Lipinski definition) is 4. The number of halogens is 2. The Labute approximate surface area is 141 Å². The summed E-state index contributed by atoms with van der Waals surface area (Å²) in [6.45, 7) is 5.04. The monoisotopic (exact) mass is 439 g/mol. The molecule has 1 aromatic carbocycles. The molecule has 0 aromatic heterocycles. The van der Waals surface area contributed by atoms with Gasteiger partial charge in [0.15, 0.2) is 0 Å². The van der Waals surface area contributed by atoms with Gasteiger partial charge in [0.25, 0.3) is 0 Å². The van der Waals surface area contributed by atoms with Crippen LogP contribution in [0.15, 0.2) is 44.7 Å². The molecule has 1 rings (SSSR count). The van der Waals surface area contributed by atoms with E-state index in [1.807, 2.05) is 0 Å². The Morgan fingerprint density at radius 1 is 1.43 bits per heavy atom. The molecule has 0 bridgehead atoms. The highest BCUT2D eigenvalue weighted by Crippen LogP contribution is 2.28. The van der Waals surface area contributed by atoms with E-state index >= 15 is 0 Å². The first-order chi connectivity index (χ1) is 9.82. The van der Waals surface area contributed by atoms with Crippen LogP contribution < -0.4 is 0 Å². The van der Waals surface area contributed by atoms with Crippen LogP contribution in [0.2, 0.25) is 0 Å². The molecule has 0 saturated heterocycles. The smallest absolute Gasteiger partial charge is 0.321 e. The lowest BCUT2D eigenvalue weighted by Gasteiger charge is -2.20. The highest BCUT2D eigenvalue weighted by molar-refractivity contribution is 9.11. The van der Waals surface area contributed by atoms with Gasteiger partial charge in [-0.15, -0.1) is 6.58 Å². The van der Waals surface area contributed by atoms with Gasteiger partial charge in [0.05, 0.1) is 11.5 Å². The Morgan fingerprint density at radius 3 is 2.62 bits per heavy atom. The number of carbonyl (C=O) groups excluding carboxylic acids is 1. The molecule has 0 unspecified atom stereocenters. The summed E-state index contributed by atoms with van der Waals surface area (Å²) in [4.78, 5) is 11.6. The highest BCUT2D eigenvalue weighted by Gasteiger charge is 2.28. The number of esters is 1. The van der Waals surface area contributed by atoms with Crippen molar-refractivity contribution in [2.45, 2.75) is 11.8 Å². The van der Waals surface area contributed by atoms with Gasteiger partial charge in [-0.1, -0.05) is 22.0 Å². The average Bonchev–Trinajstić information content (AvgIpc) is 2.38. The van der Waals surface area contributed by atoms with Crippen LogP contribution in [-0.4, -0.2) is 38.4 Å². The minimum Gasteiger partial charge on any atom is -0.465 e. The first kappa shape index (κ1) is 18.3. The lowest BCUT2D eigenvalue weighted by molar-refractivity contribution is -0.143. The van der Waals surface area contributed by atoms with Crippen LogP contribution in [0.4, 0.5) is 0 Å². The second-order valence-electron chi connectivity index (χ2n) is 3.97. The van der Waals surface area contributed by atoms with Crippen molar-refractivity contribution in [3.05, 3.63) is 39.8 Å². The number of ether oxygens (including phenoxy) is 1. The fourth-order valence-corrected chi connectivity index (χ4v) is 4.63. The molecule has 0 aliphatic carbocycles. The van der Waals surface area contributed by atoms with Crippen LogP contribution in [-0.2, 0) is 19.6 Å². The van der Waals surface area contributed by atoms with Gasteiger partial charge in [-0.05, 0) is 41.1 Å². The van der Waals surface area contributed by atoms with Crippen molar-refractivity contribution in [1.29, 1.82) is 0 Å². The lowest BCUT2D eigenvalue weighted by Crippen LogP contribution is -2.36. The van der Waals surface area contributed by atoms with Crippen LogP contribution >= 0.6 is 31.9 Å². The molecule has 0 atom stereocenters. The van der Waals surface area contributed by atoms with Crippen molar-refractivity contribution in [1.82, 2.24) is 4.31 Å². The SMILES string of the molecule is C=CCN(CC(=O)OCC)S(=O)(=O)c1ccc(Br)cc1Br. The number of benzene rings is 1. The Hall–Kier alpha value is -0.700. The molecule has 0 radical (unpaired) electrons. The number of carbonyl (C=O) groups is 1. The van der Waals surface area contributed by atoms with E-state index in [9.17, 15) is 13.2 Å². The summed E-state index contributed by atoms with van der Waals surface area (Å²) >= 11 is 6.48. The maximum atomic E-state index is 12.6. The van der Waals surface area contributed by atoms with Gasteiger partial charge in [-0.2, -0.15) is 4.31 Å². The summed E-state index contributed by atoms with van der Waals surface area (Å²) in [5.41, 5.74) is 0. The maximum absolute atomic E-state index is 12.6. The third-order valence-electron chi connectivity index (χ3n) is 2.46. The largest absolute Gasteiger partial charge is 0.465 e. The Bertz CT molecular complexity index is 631. The first-order valence-electron chi connectivity index (χ1n) is 6.04. The fourth-order valence-electron chi connectivity index (χ4n) is 1.57. The molecule has 0 saturated carbocycles. The number of rotatable bonds is 7. The summed E-state index contributed by atoms with van der Waals surface area (Å²) in [7, 11) is -3.83. The second-order valence-corrected chi connectivity index (χ2v) is 7.64. The van der Waals surface area contributed by atoms with Crippen molar-refractivity contribution in [3.8, 4) is 0 Å². The Balaban J connectivity index is 3.15. The summed E-state index contributed by atoms with van der Waals surface area (Å²) in [5, 5.41) is 0. The van der Waals surface area contributed by atoms with Crippen LogP contribution in [0, 0.1) is 0 Å². The number of nitrogens with zero attached hydrogens (tertiary/aromatic N) is 1. The van der Waals surface area contributed by atoms with E-state index in [-0.39, 0.29) is 24.6 Å². The van der Waals surface area contributed by atoms with Crippen molar-refractivity contribution in [3.63, 3.8) is 0 Å². The molecule has 0 fully saturated rings. The summed E-state index contributed by atoms with van der Waals surface area (Å²) in [6.07, 6.45) is 1.42. The predicted molar refractivity (Wildman–Crippen MR) is 87.4 cm³/mol. The number of sulfonamides is 1. The molecule has 0 N–H and O–H groups in total. The molecule has 0 spiro atoms. The minimum absolute atomic E-state index is 0.0175. The molecular weight excluding hydrogens is 426 g/mol. The molecule has 1 aromatic rings. The third kappa shape index (κ3) is 4.91. The Morgan fingerprint density at radius 2 is 2.10 bits per heavy atom. The van der Waals surface area contributed by atoms with Crippen molar-refractivity contribution in [2.75, 3.05) is 19.7 Å². The topological polar surface area (TPSA) is 63.7 Å². The van der Waals surface area contributed by atoms with E-state index in [2.05, 4.69) is 38.4 Å². The van der Waals surface area contributed by atoms with Gasteiger partial charge in [-0.3, -0.25) is 4.79 Å². The van der Waals surface area contributed by atoms with Gasteiger partial charge in [-0.25, -0.2) is 8.42 Å². The van der Waals surface area contributed by atoms with Crippen LogP contribution in [0.3, 0.4) is 0 Å². The van der Waals surface area contributed by atoms with E-state index in [4.69, 9.17) is 4.74 Å². The van der Waals surface area contributed by atoms with Crippen LogP contribution in [0.1, 0.15) is 6.92 Å². The second kappa shape index (κ2) is 8.07. The zero-order chi connectivity index (χ0) is 16.0. The normalized spacial score (nSPS) is 11.4. The Kier molecular flexibility index (Phi) is 7.05. The standard InChI is InChI=1S/C13H15Br2NO4S/c1-3-7-16(9-13(17)20-4-2)21(18,19)12-6-5-10(14)8-11(12)15/h3,5-6,8H,1,4,7,9H2,2H3. The summed E-state index contributed by atoms with van der Waals surface area (Å²) < 4.78 is 32.2. The highest BCUT2D eigenvalue weighted by atomic mass is 79.9. The maximum Gasteiger partial charge on any atom is 0.321 e. The van der Waals surface area contributed by atoms with E-state index in [0.717, 1.165) is 8.78 Å². The molecule has 21 heavy (non-hydrogen) atoms. The van der Waals surface area contributed by atoms with Crippen molar-refractivity contribution >= 4 is 47.9 Å². The zero-order valence-electron chi connectivity index (χ0n) is 11.4. The van der Waals surface area contributed by atoms with Crippen LogP contribution in [0.5, 0.6) is 0 Å².